The molecule has 5 heteroatoms. The van der Waals surface area contributed by atoms with Gasteiger partial charge in [0.2, 0.25) is 0 Å². The highest BCUT2D eigenvalue weighted by Gasteiger charge is 2.28. The number of carboxylic acid groups (broad SMARTS) is 1. The van der Waals surface area contributed by atoms with Crippen LogP contribution in [0.25, 0.3) is 0 Å². The first-order valence-corrected chi connectivity index (χ1v) is 6.25. The van der Waals surface area contributed by atoms with Gasteiger partial charge in [0.15, 0.2) is 0 Å². The van der Waals surface area contributed by atoms with Gasteiger partial charge in [0, 0.05) is 0 Å². The first-order valence-electron chi connectivity index (χ1n) is 5.03. The Balaban J connectivity index is 3.06. The monoisotopic (exact) mass is 260 g/mol. The average molecular weight is 260 g/mol. The third kappa shape index (κ3) is 3.19. The van der Waals surface area contributed by atoms with Gasteiger partial charge in [0.1, 0.15) is 11.6 Å². The normalized spacial score (nSPS) is 11.6. The van der Waals surface area contributed by atoms with E-state index >= 15 is 0 Å². The topological polar surface area (TPSA) is 37.3 Å². The van der Waals surface area contributed by atoms with Gasteiger partial charge in [-0.25, -0.2) is 8.78 Å². The van der Waals surface area contributed by atoms with Gasteiger partial charge >= 0.3 is 5.97 Å². The SMILES string of the molecule is CSc1c(F)cc(CC(C)(C)C(=O)O)cc1F. The molecule has 0 aliphatic heterocycles. The first-order chi connectivity index (χ1) is 7.77. The number of carboxylic acids is 1. The minimum Gasteiger partial charge on any atom is -0.481 e. The predicted octanol–water partition coefficient (Wildman–Crippen LogP) is 3.34. The Hall–Kier alpha value is -1.10. The van der Waals surface area contributed by atoms with Crippen molar-refractivity contribution in [3.05, 3.63) is 29.3 Å². The van der Waals surface area contributed by atoms with Crippen LogP contribution in [0.3, 0.4) is 0 Å². The molecule has 1 N–H and O–H groups in total. The van der Waals surface area contributed by atoms with E-state index in [1.165, 1.54) is 26.0 Å². The van der Waals surface area contributed by atoms with Gasteiger partial charge in [-0.15, -0.1) is 11.8 Å². The van der Waals surface area contributed by atoms with Crippen LogP contribution in [0.2, 0.25) is 0 Å². The summed E-state index contributed by atoms with van der Waals surface area (Å²) < 4.78 is 27.0. The Morgan fingerprint density at radius 3 is 2.18 bits per heavy atom. The molecule has 2 nitrogen and oxygen atoms in total. The van der Waals surface area contributed by atoms with Crippen LogP contribution in [0.15, 0.2) is 17.0 Å². The molecule has 0 aliphatic rings. The lowest BCUT2D eigenvalue weighted by Gasteiger charge is -2.19. The predicted molar refractivity (Wildman–Crippen MR) is 63.3 cm³/mol. The maximum absolute atomic E-state index is 13.5. The molecule has 0 atom stereocenters. The minimum atomic E-state index is -1.04. The number of thioether (sulfide) groups is 1. The van der Waals surface area contributed by atoms with Crippen LogP contribution in [0.1, 0.15) is 19.4 Å². The van der Waals surface area contributed by atoms with Crippen LogP contribution in [-0.4, -0.2) is 17.3 Å². The van der Waals surface area contributed by atoms with Gasteiger partial charge in [-0.2, -0.15) is 0 Å². The van der Waals surface area contributed by atoms with Gasteiger partial charge in [-0.1, -0.05) is 0 Å². The molecule has 17 heavy (non-hydrogen) atoms. The summed E-state index contributed by atoms with van der Waals surface area (Å²) in [5.74, 6) is -2.28. The number of aliphatic carboxylic acids is 1. The summed E-state index contributed by atoms with van der Waals surface area (Å²) in [6, 6.07) is 2.39. The van der Waals surface area contributed by atoms with Crippen molar-refractivity contribution in [3.63, 3.8) is 0 Å². The fourth-order valence-electron chi connectivity index (χ4n) is 1.50. The molecule has 0 fully saturated rings. The van der Waals surface area contributed by atoms with E-state index in [9.17, 15) is 13.6 Å². The number of carbonyl (C=O) groups is 1. The van der Waals surface area contributed by atoms with Gasteiger partial charge in [0.25, 0.3) is 0 Å². The second-order valence-electron chi connectivity index (χ2n) is 4.46. The third-order valence-corrected chi connectivity index (χ3v) is 3.29. The van der Waals surface area contributed by atoms with Crippen molar-refractivity contribution in [2.45, 2.75) is 25.2 Å². The molecular formula is C12H14F2O2S. The molecule has 94 valence electrons. The second kappa shape index (κ2) is 5.04. The molecule has 0 radical (unpaired) electrons. The smallest absolute Gasteiger partial charge is 0.309 e. The molecule has 0 amide bonds. The van der Waals surface area contributed by atoms with Crippen molar-refractivity contribution >= 4 is 17.7 Å². The molecular weight excluding hydrogens is 246 g/mol. The number of benzene rings is 1. The van der Waals surface area contributed by atoms with Crippen molar-refractivity contribution in [2.24, 2.45) is 5.41 Å². The van der Waals surface area contributed by atoms with Crippen LogP contribution in [0.4, 0.5) is 8.78 Å². The Bertz CT molecular complexity index is 421. The Morgan fingerprint density at radius 2 is 1.82 bits per heavy atom. The molecule has 0 spiro atoms. The second-order valence-corrected chi connectivity index (χ2v) is 5.28. The summed E-state index contributed by atoms with van der Waals surface area (Å²) in [4.78, 5) is 10.9. The maximum Gasteiger partial charge on any atom is 0.309 e. The fourth-order valence-corrected chi connectivity index (χ4v) is 2.00. The van der Waals surface area contributed by atoms with Gasteiger partial charge < -0.3 is 5.11 Å². The van der Waals surface area contributed by atoms with E-state index in [4.69, 9.17) is 5.11 Å². The molecule has 0 heterocycles. The van der Waals surface area contributed by atoms with Crippen molar-refractivity contribution in [2.75, 3.05) is 6.26 Å². The number of hydrogen-bond acceptors (Lipinski definition) is 2. The molecule has 0 saturated carbocycles. The van der Waals surface area contributed by atoms with Crippen molar-refractivity contribution in [3.8, 4) is 0 Å². The van der Waals surface area contributed by atoms with Crippen LogP contribution >= 0.6 is 11.8 Å². The highest BCUT2D eigenvalue weighted by Crippen LogP contribution is 2.28. The highest BCUT2D eigenvalue weighted by atomic mass is 32.2. The molecule has 0 unspecified atom stereocenters. The average Bonchev–Trinajstić information content (AvgIpc) is 2.15. The summed E-state index contributed by atoms with van der Waals surface area (Å²) in [6.07, 6.45) is 1.67. The van der Waals surface area contributed by atoms with Gasteiger partial charge in [-0.05, 0) is 44.2 Å². The van der Waals surface area contributed by atoms with Crippen molar-refractivity contribution < 1.29 is 18.7 Å². The van der Waals surface area contributed by atoms with E-state index in [0.29, 0.717) is 5.56 Å². The lowest BCUT2D eigenvalue weighted by Crippen LogP contribution is -2.26. The van der Waals surface area contributed by atoms with E-state index in [1.807, 2.05) is 0 Å². The van der Waals surface area contributed by atoms with Crippen molar-refractivity contribution in [1.82, 2.24) is 0 Å². The summed E-state index contributed by atoms with van der Waals surface area (Å²) in [5.41, 5.74) is -0.690. The molecule has 1 rings (SSSR count). The van der Waals surface area contributed by atoms with Crippen LogP contribution in [0.5, 0.6) is 0 Å². The van der Waals surface area contributed by atoms with Gasteiger partial charge in [0.05, 0.1) is 10.3 Å². The largest absolute Gasteiger partial charge is 0.481 e. The first kappa shape index (κ1) is 14.0. The Kier molecular flexibility index (Phi) is 4.14. The van der Waals surface area contributed by atoms with Crippen LogP contribution in [-0.2, 0) is 11.2 Å². The van der Waals surface area contributed by atoms with E-state index in [-0.39, 0.29) is 11.3 Å². The number of hydrogen-bond donors (Lipinski definition) is 1. The standard InChI is InChI=1S/C12H14F2O2S/c1-12(2,11(15)16)6-7-4-8(13)10(17-3)9(14)5-7/h4-5H,6H2,1-3H3,(H,15,16). The molecule has 0 aromatic heterocycles. The van der Waals surface area contributed by atoms with Crippen LogP contribution < -0.4 is 0 Å². The molecule has 0 bridgehead atoms. The van der Waals surface area contributed by atoms with E-state index in [0.717, 1.165) is 11.8 Å². The molecule has 1 aromatic rings. The lowest BCUT2D eigenvalue weighted by atomic mass is 9.86. The van der Waals surface area contributed by atoms with Crippen molar-refractivity contribution in [1.29, 1.82) is 0 Å². The summed E-state index contributed by atoms with van der Waals surface area (Å²) in [5, 5.41) is 8.95. The quantitative estimate of drug-likeness (QED) is 0.844. The maximum atomic E-state index is 13.5. The van der Waals surface area contributed by atoms with E-state index in [1.54, 1.807) is 6.26 Å². The number of rotatable bonds is 4. The molecule has 0 saturated heterocycles. The van der Waals surface area contributed by atoms with E-state index in [2.05, 4.69) is 0 Å². The zero-order chi connectivity index (χ0) is 13.2. The molecule has 1 aromatic carbocycles. The van der Waals surface area contributed by atoms with Crippen LogP contribution in [0, 0.1) is 17.0 Å². The summed E-state index contributed by atoms with van der Waals surface area (Å²) >= 11 is 0.989. The Morgan fingerprint density at radius 1 is 1.35 bits per heavy atom. The summed E-state index contributed by atoms with van der Waals surface area (Å²) in [6.45, 7) is 3.04. The zero-order valence-corrected chi connectivity index (χ0v) is 10.7. The van der Waals surface area contributed by atoms with Gasteiger partial charge in [-0.3, -0.25) is 4.79 Å². The summed E-state index contributed by atoms with van der Waals surface area (Å²) in [7, 11) is 0. The minimum absolute atomic E-state index is 0.0399. The molecule has 0 aliphatic carbocycles. The Labute approximate surface area is 103 Å². The highest BCUT2D eigenvalue weighted by molar-refractivity contribution is 7.98. The fraction of sp³-hybridized carbons (Fsp3) is 0.417. The zero-order valence-electron chi connectivity index (χ0n) is 9.88. The lowest BCUT2D eigenvalue weighted by molar-refractivity contribution is -0.146. The third-order valence-electron chi connectivity index (χ3n) is 2.49. The van der Waals surface area contributed by atoms with E-state index < -0.39 is 23.0 Å². The number of halogens is 2.